The van der Waals surface area contributed by atoms with Crippen LogP contribution in [0, 0.1) is 11.8 Å². The van der Waals surface area contributed by atoms with Crippen LogP contribution in [0.15, 0.2) is 0 Å². The van der Waals surface area contributed by atoms with Crippen LogP contribution in [0.4, 0.5) is 0 Å². The zero-order chi connectivity index (χ0) is 13.2. The normalized spacial score (nSPS) is 27.3. The number of aliphatic carboxylic acids is 1. The van der Waals surface area contributed by atoms with Gasteiger partial charge >= 0.3 is 5.97 Å². The Kier molecular flexibility index (Phi) is 3.90. The Morgan fingerprint density at radius 3 is 2.72 bits per heavy atom. The van der Waals surface area contributed by atoms with E-state index in [0.29, 0.717) is 31.1 Å². The average molecular weight is 254 g/mol. The highest BCUT2D eigenvalue weighted by molar-refractivity contribution is 5.89. The van der Waals surface area contributed by atoms with Gasteiger partial charge in [0.2, 0.25) is 5.91 Å². The number of rotatable bonds is 5. The molecule has 0 aromatic rings. The monoisotopic (exact) mass is 254 g/mol. The van der Waals surface area contributed by atoms with E-state index in [2.05, 4.69) is 17.6 Å². The highest BCUT2D eigenvalue weighted by atomic mass is 16.4. The van der Waals surface area contributed by atoms with E-state index >= 15 is 0 Å². The van der Waals surface area contributed by atoms with Gasteiger partial charge in [-0.3, -0.25) is 4.79 Å². The van der Waals surface area contributed by atoms with Gasteiger partial charge in [-0.2, -0.15) is 0 Å². The zero-order valence-electron chi connectivity index (χ0n) is 10.9. The molecule has 18 heavy (non-hydrogen) atoms. The third-order valence-corrected chi connectivity index (χ3v) is 4.19. The SMILES string of the molecule is CC(CC(=O)NC1(C(=O)O)CC1)C1CCCNC1. The summed E-state index contributed by atoms with van der Waals surface area (Å²) in [4.78, 5) is 22.8. The Labute approximate surface area is 107 Å². The molecule has 1 aliphatic carbocycles. The first-order valence-electron chi connectivity index (χ1n) is 6.79. The van der Waals surface area contributed by atoms with Crippen LogP contribution < -0.4 is 10.6 Å². The predicted molar refractivity (Wildman–Crippen MR) is 67.1 cm³/mol. The number of carboxylic acids is 1. The number of amides is 1. The summed E-state index contributed by atoms with van der Waals surface area (Å²) in [7, 11) is 0. The van der Waals surface area contributed by atoms with Gasteiger partial charge in [0.25, 0.3) is 0 Å². The predicted octanol–water partition coefficient (Wildman–Crippen LogP) is 0.746. The fourth-order valence-electron chi connectivity index (χ4n) is 2.66. The zero-order valence-corrected chi connectivity index (χ0v) is 10.9. The van der Waals surface area contributed by atoms with Crippen molar-refractivity contribution < 1.29 is 14.7 Å². The maximum absolute atomic E-state index is 11.9. The number of nitrogens with one attached hydrogen (secondary N) is 2. The van der Waals surface area contributed by atoms with Crippen molar-refractivity contribution in [3.63, 3.8) is 0 Å². The molecule has 1 heterocycles. The quantitative estimate of drug-likeness (QED) is 0.676. The Balaban J connectivity index is 1.78. The van der Waals surface area contributed by atoms with E-state index in [0.717, 1.165) is 25.9 Å². The van der Waals surface area contributed by atoms with Crippen molar-refractivity contribution in [3.05, 3.63) is 0 Å². The summed E-state index contributed by atoms with van der Waals surface area (Å²) in [5.41, 5.74) is -0.943. The van der Waals surface area contributed by atoms with Gasteiger partial charge in [-0.25, -0.2) is 4.79 Å². The lowest BCUT2D eigenvalue weighted by atomic mass is 9.85. The van der Waals surface area contributed by atoms with E-state index in [4.69, 9.17) is 5.11 Å². The summed E-state index contributed by atoms with van der Waals surface area (Å²) in [5.74, 6) is -0.178. The number of piperidine rings is 1. The Bertz CT molecular complexity index is 333. The second-order valence-corrected chi connectivity index (χ2v) is 5.72. The lowest BCUT2D eigenvalue weighted by molar-refractivity contribution is -0.143. The molecule has 0 radical (unpaired) electrons. The summed E-state index contributed by atoms with van der Waals surface area (Å²) in [6.07, 6.45) is 3.88. The molecule has 1 aliphatic heterocycles. The van der Waals surface area contributed by atoms with E-state index in [9.17, 15) is 9.59 Å². The van der Waals surface area contributed by atoms with E-state index < -0.39 is 11.5 Å². The molecule has 5 heteroatoms. The van der Waals surface area contributed by atoms with Crippen LogP contribution >= 0.6 is 0 Å². The van der Waals surface area contributed by atoms with Crippen LogP contribution in [0.3, 0.4) is 0 Å². The molecule has 0 bridgehead atoms. The first-order valence-corrected chi connectivity index (χ1v) is 6.79. The molecule has 1 saturated carbocycles. The molecule has 102 valence electrons. The molecule has 0 aromatic heterocycles. The van der Waals surface area contributed by atoms with Crippen LogP contribution in [0.5, 0.6) is 0 Å². The van der Waals surface area contributed by atoms with E-state index in [1.54, 1.807) is 0 Å². The fraction of sp³-hybridized carbons (Fsp3) is 0.846. The molecule has 1 amide bonds. The summed E-state index contributed by atoms with van der Waals surface area (Å²) >= 11 is 0. The first-order chi connectivity index (χ1) is 8.53. The third kappa shape index (κ3) is 3.02. The van der Waals surface area contributed by atoms with Crippen molar-refractivity contribution in [1.82, 2.24) is 10.6 Å². The molecule has 2 fully saturated rings. The van der Waals surface area contributed by atoms with Gasteiger partial charge in [-0.1, -0.05) is 6.92 Å². The second-order valence-electron chi connectivity index (χ2n) is 5.72. The molecular formula is C13H22N2O3. The van der Waals surface area contributed by atoms with Gasteiger partial charge < -0.3 is 15.7 Å². The van der Waals surface area contributed by atoms with Crippen molar-refractivity contribution in [1.29, 1.82) is 0 Å². The van der Waals surface area contributed by atoms with Gasteiger partial charge in [0.05, 0.1) is 0 Å². The van der Waals surface area contributed by atoms with Gasteiger partial charge in [0, 0.05) is 6.42 Å². The van der Waals surface area contributed by atoms with Crippen molar-refractivity contribution >= 4 is 11.9 Å². The van der Waals surface area contributed by atoms with E-state index in [1.807, 2.05) is 0 Å². The maximum Gasteiger partial charge on any atom is 0.329 e. The largest absolute Gasteiger partial charge is 0.480 e. The third-order valence-electron chi connectivity index (χ3n) is 4.19. The summed E-state index contributed by atoms with van der Waals surface area (Å²) < 4.78 is 0. The molecule has 2 unspecified atom stereocenters. The van der Waals surface area contributed by atoms with Crippen LogP contribution in [0.25, 0.3) is 0 Å². The molecule has 2 rings (SSSR count). The molecule has 2 aliphatic rings. The molecule has 0 spiro atoms. The molecule has 1 saturated heterocycles. The smallest absolute Gasteiger partial charge is 0.329 e. The first kappa shape index (κ1) is 13.3. The van der Waals surface area contributed by atoms with Crippen molar-refractivity contribution in [2.75, 3.05) is 13.1 Å². The molecular weight excluding hydrogens is 232 g/mol. The number of hydrogen-bond donors (Lipinski definition) is 3. The molecule has 0 aromatic carbocycles. The molecule has 2 atom stereocenters. The lowest BCUT2D eigenvalue weighted by Crippen LogP contribution is -2.44. The van der Waals surface area contributed by atoms with Gasteiger partial charge in [0.15, 0.2) is 0 Å². The van der Waals surface area contributed by atoms with Crippen LogP contribution in [0.2, 0.25) is 0 Å². The lowest BCUT2D eigenvalue weighted by Gasteiger charge is -2.28. The van der Waals surface area contributed by atoms with Crippen LogP contribution in [-0.2, 0) is 9.59 Å². The maximum atomic E-state index is 11.9. The number of carbonyl (C=O) groups is 2. The summed E-state index contributed by atoms with van der Waals surface area (Å²) in [6.45, 7) is 4.12. The topological polar surface area (TPSA) is 78.4 Å². The van der Waals surface area contributed by atoms with Crippen molar-refractivity contribution in [2.24, 2.45) is 11.8 Å². The highest BCUT2D eigenvalue weighted by Crippen LogP contribution is 2.36. The average Bonchev–Trinajstić information content (AvgIpc) is 3.11. The number of carboxylic acid groups (broad SMARTS) is 1. The number of hydrogen-bond acceptors (Lipinski definition) is 3. The summed E-state index contributed by atoms with van der Waals surface area (Å²) in [6, 6.07) is 0. The van der Waals surface area contributed by atoms with Gasteiger partial charge in [0.1, 0.15) is 5.54 Å². The number of carbonyl (C=O) groups excluding carboxylic acids is 1. The standard InChI is InChI=1S/C13H22N2O3/c1-9(10-3-2-6-14-8-10)7-11(16)15-13(4-5-13)12(17)18/h9-10,14H,2-8H2,1H3,(H,15,16)(H,17,18). The summed E-state index contributed by atoms with van der Waals surface area (Å²) in [5, 5.41) is 15.0. The Morgan fingerprint density at radius 1 is 1.50 bits per heavy atom. The van der Waals surface area contributed by atoms with E-state index in [1.165, 1.54) is 0 Å². The van der Waals surface area contributed by atoms with Gasteiger partial charge in [-0.15, -0.1) is 0 Å². The Morgan fingerprint density at radius 2 is 2.22 bits per heavy atom. The van der Waals surface area contributed by atoms with Crippen LogP contribution in [0.1, 0.15) is 39.0 Å². The highest BCUT2D eigenvalue weighted by Gasteiger charge is 2.51. The van der Waals surface area contributed by atoms with E-state index in [-0.39, 0.29) is 5.91 Å². The Hall–Kier alpha value is -1.10. The van der Waals surface area contributed by atoms with Crippen molar-refractivity contribution in [3.8, 4) is 0 Å². The van der Waals surface area contributed by atoms with Gasteiger partial charge in [-0.05, 0) is 50.6 Å². The molecule has 5 nitrogen and oxygen atoms in total. The minimum atomic E-state index is -0.943. The van der Waals surface area contributed by atoms with Crippen LogP contribution in [-0.4, -0.2) is 35.6 Å². The van der Waals surface area contributed by atoms with Crippen molar-refractivity contribution in [2.45, 2.75) is 44.6 Å². The second kappa shape index (κ2) is 5.26. The fourth-order valence-corrected chi connectivity index (χ4v) is 2.66. The molecule has 3 N–H and O–H groups in total. The minimum Gasteiger partial charge on any atom is -0.480 e. The minimum absolute atomic E-state index is 0.118.